The predicted molar refractivity (Wildman–Crippen MR) is 103 cm³/mol. The Morgan fingerprint density at radius 3 is 2.78 bits per heavy atom. The van der Waals surface area contributed by atoms with E-state index < -0.39 is 0 Å². The topological polar surface area (TPSA) is 59.8 Å². The van der Waals surface area contributed by atoms with E-state index in [-0.39, 0.29) is 5.91 Å². The lowest BCUT2D eigenvalue weighted by molar-refractivity contribution is -0.113. The number of carbonyl (C=O) groups excluding carboxylic acids is 1. The summed E-state index contributed by atoms with van der Waals surface area (Å²) in [6, 6.07) is 11.7. The minimum atomic E-state index is -0.0584. The number of aromatic nitrogens is 3. The average Bonchev–Trinajstić information content (AvgIpc) is 3.17. The fourth-order valence-electron chi connectivity index (χ4n) is 1.92. The van der Waals surface area contributed by atoms with Gasteiger partial charge in [-0.2, -0.15) is 0 Å². The van der Waals surface area contributed by atoms with Crippen LogP contribution in [-0.2, 0) is 11.8 Å². The number of anilines is 1. The second kappa shape index (κ2) is 7.45. The molecule has 2 aromatic heterocycles. The number of carbonyl (C=O) groups is 1. The summed E-state index contributed by atoms with van der Waals surface area (Å²) in [5.41, 5.74) is 0.799. The Bertz CT molecular complexity index is 800. The average molecular weight is 456 g/mol. The number of nitrogens with one attached hydrogen (secondary N) is 1. The Morgan fingerprint density at radius 2 is 2.09 bits per heavy atom. The van der Waals surface area contributed by atoms with Gasteiger partial charge in [0.25, 0.3) is 0 Å². The Labute approximate surface area is 155 Å². The van der Waals surface area contributed by atoms with Crippen LogP contribution in [0.3, 0.4) is 0 Å². The number of thiophene rings is 1. The fourth-order valence-corrected chi connectivity index (χ4v) is 3.74. The molecule has 0 fully saturated rings. The molecule has 0 radical (unpaired) electrons. The molecule has 0 aliphatic carbocycles. The molecule has 0 aliphatic rings. The van der Waals surface area contributed by atoms with E-state index in [0.29, 0.717) is 5.75 Å². The third-order valence-electron chi connectivity index (χ3n) is 3.04. The maximum absolute atomic E-state index is 12.0. The van der Waals surface area contributed by atoms with Crippen LogP contribution >= 0.6 is 45.7 Å². The van der Waals surface area contributed by atoms with Gasteiger partial charge in [0.05, 0.1) is 10.6 Å². The second-order valence-corrected chi connectivity index (χ2v) is 7.82. The van der Waals surface area contributed by atoms with E-state index in [4.69, 9.17) is 0 Å². The van der Waals surface area contributed by atoms with Gasteiger partial charge in [0, 0.05) is 16.3 Å². The zero-order valence-electron chi connectivity index (χ0n) is 12.2. The summed E-state index contributed by atoms with van der Waals surface area (Å²) in [5, 5.41) is 14.0. The highest BCUT2D eigenvalue weighted by Gasteiger charge is 2.13. The number of halogens is 1. The zero-order valence-corrected chi connectivity index (χ0v) is 16.0. The summed E-state index contributed by atoms with van der Waals surface area (Å²) in [6.07, 6.45) is 0. The maximum atomic E-state index is 12.0. The molecule has 1 amide bonds. The molecule has 118 valence electrons. The zero-order chi connectivity index (χ0) is 16.2. The van der Waals surface area contributed by atoms with E-state index in [1.165, 1.54) is 11.8 Å². The molecule has 1 aromatic carbocycles. The quantitative estimate of drug-likeness (QED) is 0.468. The van der Waals surface area contributed by atoms with E-state index in [2.05, 4.69) is 38.1 Å². The Hall–Kier alpha value is -1.39. The van der Waals surface area contributed by atoms with E-state index in [1.807, 2.05) is 53.4 Å². The van der Waals surface area contributed by atoms with Gasteiger partial charge < -0.3 is 9.88 Å². The van der Waals surface area contributed by atoms with Crippen LogP contribution < -0.4 is 5.32 Å². The number of benzene rings is 1. The van der Waals surface area contributed by atoms with Crippen LogP contribution in [0.1, 0.15) is 0 Å². The number of nitrogens with zero attached hydrogens (tertiary/aromatic N) is 3. The third kappa shape index (κ3) is 4.12. The Morgan fingerprint density at radius 1 is 1.30 bits per heavy atom. The number of thioether (sulfide) groups is 1. The molecule has 2 heterocycles. The van der Waals surface area contributed by atoms with Gasteiger partial charge in [-0.05, 0) is 58.3 Å². The minimum absolute atomic E-state index is 0.0584. The van der Waals surface area contributed by atoms with Crippen molar-refractivity contribution in [2.75, 3.05) is 11.1 Å². The molecule has 3 aromatic rings. The van der Waals surface area contributed by atoms with Gasteiger partial charge >= 0.3 is 0 Å². The molecule has 0 bridgehead atoms. The lowest BCUT2D eigenvalue weighted by Gasteiger charge is -2.05. The highest BCUT2D eigenvalue weighted by atomic mass is 127. The molecular formula is C15H13IN4OS2. The molecule has 0 spiro atoms. The summed E-state index contributed by atoms with van der Waals surface area (Å²) >= 11 is 5.23. The first kappa shape index (κ1) is 16.5. The second-order valence-electron chi connectivity index (χ2n) is 4.69. The van der Waals surface area contributed by atoms with Gasteiger partial charge in [0.1, 0.15) is 0 Å². The molecule has 0 saturated heterocycles. The van der Waals surface area contributed by atoms with Crippen LogP contribution in [0.25, 0.3) is 10.7 Å². The summed E-state index contributed by atoms with van der Waals surface area (Å²) in [5.74, 6) is 1.06. The van der Waals surface area contributed by atoms with E-state index in [9.17, 15) is 4.79 Å². The molecule has 5 nitrogen and oxygen atoms in total. The molecule has 0 saturated carbocycles. The highest BCUT2D eigenvalue weighted by Crippen LogP contribution is 2.26. The summed E-state index contributed by atoms with van der Waals surface area (Å²) < 4.78 is 3.05. The SMILES string of the molecule is Cn1c(SCC(=O)Nc2ccc(I)cc2)nnc1-c1cccs1. The maximum Gasteiger partial charge on any atom is 0.234 e. The first-order valence-corrected chi connectivity index (χ1v) is 9.69. The molecule has 3 rings (SSSR count). The van der Waals surface area contributed by atoms with Crippen molar-refractivity contribution in [2.24, 2.45) is 7.05 Å². The first-order chi connectivity index (χ1) is 11.1. The molecule has 0 unspecified atom stereocenters. The molecule has 8 heteroatoms. The molecule has 1 N–H and O–H groups in total. The van der Waals surface area contributed by atoms with Crippen molar-refractivity contribution in [3.63, 3.8) is 0 Å². The minimum Gasteiger partial charge on any atom is -0.325 e. The van der Waals surface area contributed by atoms with Gasteiger partial charge in [-0.15, -0.1) is 21.5 Å². The van der Waals surface area contributed by atoms with E-state index in [1.54, 1.807) is 11.3 Å². The molecule has 0 atom stereocenters. The number of hydrogen-bond acceptors (Lipinski definition) is 5. The number of rotatable bonds is 5. The van der Waals surface area contributed by atoms with Crippen LogP contribution in [-0.4, -0.2) is 26.4 Å². The van der Waals surface area contributed by atoms with Crippen molar-refractivity contribution in [1.29, 1.82) is 0 Å². The molecule has 0 aliphatic heterocycles. The normalized spacial score (nSPS) is 10.7. The van der Waals surface area contributed by atoms with Crippen molar-refractivity contribution in [1.82, 2.24) is 14.8 Å². The van der Waals surface area contributed by atoms with E-state index in [0.717, 1.165) is 25.1 Å². The van der Waals surface area contributed by atoms with Crippen molar-refractivity contribution in [3.8, 4) is 10.7 Å². The Balaban J connectivity index is 1.60. The number of amides is 1. The predicted octanol–water partition coefficient (Wildman–Crippen LogP) is 3.88. The van der Waals surface area contributed by atoms with Crippen LogP contribution in [0.15, 0.2) is 46.9 Å². The van der Waals surface area contributed by atoms with E-state index >= 15 is 0 Å². The largest absolute Gasteiger partial charge is 0.325 e. The number of hydrogen-bond donors (Lipinski definition) is 1. The Kier molecular flexibility index (Phi) is 5.34. The lowest BCUT2D eigenvalue weighted by Crippen LogP contribution is -2.14. The van der Waals surface area contributed by atoms with Crippen molar-refractivity contribution < 1.29 is 4.79 Å². The van der Waals surface area contributed by atoms with Crippen molar-refractivity contribution >= 4 is 57.3 Å². The summed E-state index contributed by atoms with van der Waals surface area (Å²) in [7, 11) is 1.91. The highest BCUT2D eigenvalue weighted by molar-refractivity contribution is 14.1. The van der Waals surface area contributed by atoms with Crippen molar-refractivity contribution in [2.45, 2.75) is 5.16 Å². The lowest BCUT2D eigenvalue weighted by atomic mass is 10.3. The van der Waals surface area contributed by atoms with Gasteiger partial charge in [0.15, 0.2) is 11.0 Å². The molecular weight excluding hydrogens is 443 g/mol. The van der Waals surface area contributed by atoms with Crippen LogP contribution in [0, 0.1) is 3.57 Å². The summed E-state index contributed by atoms with van der Waals surface area (Å²) in [6.45, 7) is 0. The van der Waals surface area contributed by atoms with Crippen LogP contribution in [0.5, 0.6) is 0 Å². The van der Waals surface area contributed by atoms with Gasteiger partial charge in [-0.25, -0.2) is 0 Å². The smallest absolute Gasteiger partial charge is 0.234 e. The fraction of sp³-hybridized carbons (Fsp3) is 0.133. The van der Waals surface area contributed by atoms with Crippen LogP contribution in [0.2, 0.25) is 0 Å². The monoisotopic (exact) mass is 456 g/mol. The van der Waals surface area contributed by atoms with Gasteiger partial charge in [-0.3, -0.25) is 4.79 Å². The van der Waals surface area contributed by atoms with Crippen LogP contribution in [0.4, 0.5) is 5.69 Å². The van der Waals surface area contributed by atoms with Gasteiger partial charge in [-0.1, -0.05) is 17.8 Å². The first-order valence-electron chi connectivity index (χ1n) is 6.75. The van der Waals surface area contributed by atoms with Gasteiger partial charge in [0.2, 0.25) is 5.91 Å². The third-order valence-corrected chi connectivity index (χ3v) is 5.64. The molecule has 23 heavy (non-hydrogen) atoms. The standard InChI is InChI=1S/C15H13IN4OS2/c1-20-14(12-3-2-8-22-12)18-19-15(20)23-9-13(21)17-11-6-4-10(16)5-7-11/h2-8H,9H2,1H3,(H,17,21). The van der Waals surface area contributed by atoms with Crippen molar-refractivity contribution in [3.05, 3.63) is 45.3 Å². The summed E-state index contributed by atoms with van der Waals surface area (Å²) in [4.78, 5) is 13.1.